The van der Waals surface area contributed by atoms with Crippen molar-refractivity contribution in [3.63, 3.8) is 0 Å². The Morgan fingerprint density at radius 1 is 1.33 bits per heavy atom. The van der Waals surface area contributed by atoms with Crippen LogP contribution in [0.2, 0.25) is 0 Å². The smallest absolute Gasteiger partial charge is 0.238 e. The molecule has 1 aliphatic heterocycles. The van der Waals surface area contributed by atoms with Crippen molar-refractivity contribution in [1.29, 1.82) is 0 Å². The first-order chi connectivity index (χ1) is 11.0. The number of fused-ring (bicyclic) bond motifs is 1. The maximum absolute atomic E-state index is 12.4. The molecule has 1 saturated carbocycles. The molecule has 3 N–H and O–H groups in total. The predicted octanol–water partition coefficient (Wildman–Crippen LogP) is 3.23. The number of halogens is 1. The Hall–Kier alpha value is -1.10. The SMILES string of the molecule is CC(C)c1cccc(NC(=O)CN2CC3CCCC(N)C3C2)c1.Cl. The van der Waals surface area contributed by atoms with Crippen LogP contribution in [0.15, 0.2) is 24.3 Å². The lowest BCUT2D eigenvalue weighted by molar-refractivity contribution is -0.117. The van der Waals surface area contributed by atoms with Crippen molar-refractivity contribution in [2.24, 2.45) is 17.6 Å². The first kappa shape index (κ1) is 19.2. The molecule has 1 aromatic carbocycles. The topological polar surface area (TPSA) is 58.4 Å². The van der Waals surface area contributed by atoms with E-state index in [0.717, 1.165) is 25.2 Å². The molecular formula is C19H30ClN3O. The summed E-state index contributed by atoms with van der Waals surface area (Å²) in [7, 11) is 0. The Balaban J connectivity index is 0.00000208. The third kappa shape index (κ3) is 4.50. The number of likely N-dealkylation sites (tertiary alicyclic amines) is 1. The van der Waals surface area contributed by atoms with Crippen LogP contribution in [0.3, 0.4) is 0 Å². The summed E-state index contributed by atoms with van der Waals surface area (Å²) in [5.74, 6) is 1.82. The molecule has 1 amide bonds. The zero-order valence-corrected chi connectivity index (χ0v) is 15.5. The van der Waals surface area contributed by atoms with Gasteiger partial charge in [0.05, 0.1) is 6.54 Å². The summed E-state index contributed by atoms with van der Waals surface area (Å²) in [6.07, 6.45) is 3.65. The van der Waals surface area contributed by atoms with E-state index in [4.69, 9.17) is 5.73 Å². The molecule has 5 heteroatoms. The molecule has 4 nitrogen and oxygen atoms in total. The fraction of sp³-hybridized carbons (Fsp3) is 0.632. The molecule has 1 aliphatic carbocycles. The summed E-state index contributed by atoms with van der Waals surface area (Å²) in [6.45, 7) is 6.81. The number of nitrogens with one attached hydrogen (secondary N) is 1. The fourth-order valence-corrected chi connectivity index (χ4v) is 4.12. The minimum Gasteiger partial charge on any atom is -0.327 e. The number of rotatable bonds is 4. The second kappa shape index (κ2) is 8.32. The molecule has 3 atom stereocenters. The van der Waals surface area contributed by atoms with E-state index in [9.17, 15) is 4.79 Å². The van der Waals surface area contributed by atoms with Gasteiger partial charge < -0.3 is 11.1 Å². The van der Waals surface area contributed by atoms with E-state index in [1.165, 1.54) is 18.4 Å². The fourth-order valence-electron chi connectivity index (χ4n) is 4.12. The number of hydrogen-bond acceptors (Lipinski definition) is 3. The van der Waals surface area contributed by atoms with Gasteiger partial charge in [0.1, 0.15) is 0 Å². The number of anilines is 1. The monoisotopic (exact) mass is 351 g/mol. The van der Waals surface area contributed by atoms with Crippen molar-refractivity contribution in [2.75, 3.05) is 25.0 Å². The second-order valence-corrected chi connectivity index (χ2v) is 7.54. The lowest BCUT2D eigenvalue weighted by atomic mass is 9.78. The Labute approximate surface area is 151 Å². The minimum atomic E-state index is 0. The summed E-state index contributed by atoms with van der Waals surface area (Å²) in [4.78, 5) is 14.6. The molecule has 1 aromatic rings. The number of nitrogens with two attached hydrogens (primary N) is 1. The van der Waals surface area contributed by atoms with Crippen LogP contribution in [-0.2, 0) is 4.79 Å². The number of amides is 1. The van der Waals surface area contributed by atoms with Crippen molar-refractivity contribution in [3.05, 3.63) is 29.8 Å². The van der Waals surface area contributed by atoms with Crippen molar-refractivity contribution in [2.45, 2.75) is 45.1 Å². The van der Waals surface area contributed by atoms with Gasteiger partial charge in [-0.3, -0.25) is 9.69 Å². The van der Waals surface area contributed by atoms with Crippen LogP contribution in [0.1, 0.15) is 44.6 Å². The zero-order valence-electron chi connectivity index (χ0n) is 14.7. The summed E-state index contributed by atoms with van der Waals surface area (Å²) in [6, 6.07) is 8.47. The Bertz CT molecular complexity index is 563. The van der Waals surface area contributed by atoms with Gasteiger partial charge in [0.2, 0.25) is 5.91 Å². The van der Waals surface area contributed by atoms with E-state index in [0.29, 0.717) is 30.3 Å². The standard InChI is InChI=1S/C19H29N3O.ClH/c1-13(2)14-5-3-7-16(9-14)21-19(23)12-22-10-15-6-4-8-18(20)17(15)11-22;/h3,5,7,9,13,15,17-18H,4,6,8,10-12,20H2,1-2H3,(H,21,23);1H. The van der Waals surface area contributed by atoms with E-state index in [1.54, 1.807) is 0 Å². The largest absolute Gasteiger partial charge is 0.327 e. The highest BCUT2D eigenvalue weighted by molar-refractivity contribution is 5.92. The van der Waals surface area contributed by atoms with Gasteiger partial charge in [-0.1, -0.05) is 32.4 Å². The molecular weight excluding hydrogens is 322 g/mol. The van der Waals surface area contributed by atoms with E-state index < -0.39 is 0 Å². The molecule has 2 fully saturated rings. The molecule has 24 heavy (non-hydrogen) atoms. The van der Waals surface area contributed by atoms with Crippen LogP contribution >= 0.6 is 12.4 Å². The molecule has 2 aliphatic rings. The maximum atomic E-state index is 12.4. The highest BCUT2D eigenvalue weighted by Crippen LogP contribution is 2.35. The molecule has 0 aromatic heterocycles. The normalized spacial score (nSPS) is 26.8. The summed E-state index contributed by atoms with van der Waals surface area (Å²) >= 11 is 0. The number of carbonyl (C=O) groups is 1. The van der Waals surface area contributed by atoms with Crippen LogP contribution in [0.5, 0.6) is 0 Å². The second-order valence-electron chi connectivity index (χ2n) is 7.54. The van der Waals surface area contributed by atoms with E-state index in [2.05, 4.69) is 36.2 Å². The highest BCUT2D eigenvalue weighted by Gasteiger charge is 2.38. The minimum absolute atomic E-state index is 0. The Morgan fingerprint density at radius 2 is 2.12 bits per heavy atom. The predicted molar refractivity (Wildman–Crippen MR) is 102 cm³/mol. The van der Waals surface area contributed by atoms with Crippen LogP contribution in [0, 0.1) is 11.8 Å². The molecule has 1 saturated heterocycles. The first-order valence-electron chi connectivity index (χ1n) is 8.90. The van der Waals surface area contributed by atoms with Crippen molar-refractivity contribution in [1.82, 2.24) is 4.90 Å². The Morgan fingerprint density at radius 3 is 2.83 bits per heavy atom. The van der Waals surface area contributed by atoms with Crippen LogP contribution in [0.4, 0.5) is 5.69 Å². The molecule has 0 bridgehead atoms. The number of carbonyl (C=O) groups excluding carboxylic acids is 1. The summed E-state index contributed by atoms with van der Waals surface area (Å²) in [5, 5.41) is 3.04. The number of hydrogen-bond donors (Lipinski definition) is 2. The van der Waals surface area contributed by atoms with E-state index in [1.807, 2.05) is 12.1 Å². The molecule has 1 heterocycles. The number of nitrogens with zero attached hydrogens (tertiary/aromatic N) is 1. The molecule has 0 radical (unpaired) electrons. The van der Waals surface area contributed by atoms with Gasteiger partial charge in [-0.15, -0.1) is 12.4 Å². The first-order valence-corrected chi connectivity index (χ1v) is 8.90. The van der Waals surface area contributed by atoms with E-state index in [-0.39, 0.29) is 18.3 Å². The van der Waals surface area contributed by atoms with Crippen molar-refractivity contribution in [3.8, 4) is 0 Å². The quantitative estimate of drug-likeness (QED) is 0.875. The lowest BCUT2D eigenvalue weighted by Gasteiger charge is -2.29. The van der Waals surface area contributed by atoms with Gasteiger partial charge in [-0.2, -0.15) is 0 Å². The summed E-state index contributed by atoms with van der Waals surface area (Å²) < 4.78 is 0. The van der Waals surface area contributed by atoms with Gasteiger partial charge in [0, 0.05) is 24.8 Å². The van der Waals surface area contributed by atoms with Gasteiger partial charge in [-0.25, -0.2) is 0 Å². The van der Waals surface area contributed by atoms with Crippen molar-refractivity contribution >= 4 is 24.0 Å². The van der Waals surface area contributed by atoms with Gasteiger partial charge in [0.15, 0.2) is 0 Å². The van der Waals surface area contributed by atoms with Gasteiger partial charge in [0.25, 0.3) is 0 Å². The van der Waals surface area contributed by atoms with E-state index >= 15 is 0 Å². The van der Waals surface area contributed by atoms with Crippen molar-refractivity contribution < 1.29 is 4.79 Å². The lowest BCUT2D eigenvalue weighted by Crippen LogP contribution is -2.38. The third-order valence-corrected chi connectivity index (χ3v) is 5.43. The average Bonchev–Trinajstić information content (AvgIpc) is 2.91. The molecule has 134 valence electrons. The van der Waals surface area contributed by atoms with Crippen LogP contribution in [-0.4, -0.2) is 36.5 Å². The zero-order chi connectivity index (χ0) is 16.4. The highest BCUT2D eigenvalue weighted by atomic mass is 35.5. The average molecular weight is 352 g/mol. The summed E-state index contributed by atoms with van der Waals surface area (Å²) in [5.41, 5.74) is 8.40. The Kier molecular flexibility index (Phi) is 6.67. The van der Waals surface area contributed by atoms with Crippen LogP contribution < -0.4 is 11.1 Å². The van der Waals surface area contributed by atoms with Gasteiger partial charge in [-0.05, 0) is 48.3 Å². The van der Waals surface area contributed by atoms with Gasteiger partial charge >= 0.3 is 0 Å². The number of benzene rings is 1. The molecule has 0 spiro atoms. The van der Waals surface area contributed by atoms with Crippen LogP contribution in [0.25, 0.3) is 0 Å². The molecule has 3 rings (SSSR count). The third-order valence-electron chi connectivity index (χ3n) is 5.43. The molecule has 3 unspecified atom stereocenters. The maximum Gasteiger partial charge on any atom is 0.238 e.